The summed E-state index contributed by atoms with van der Waals surface area (Å²) in [5, 5.41) is 11.4. The minimum absolute atomic E-state index is 0.0876. The first-order valence-electron chi connectivity index (χ1n) is 6.06. The topological polar surface area (TPSA) is 96.0 Å². The van der Waals surface area contributed by atoms with Crippen LogP contribution in [0.25, 0.3) is 5.82 Å². The Kier molecular flexibility index (Phi) is 3.79. The van der Waals surface area contributed by atoms with Gasteiger partial charge in [0.25, 0.3) is 0 Å². The second kappa shape index (κ2) is 5.90. The van der Waals surface area contributed by atoms with Gasteiger partial charge in [0.15, 0.2) is 0 Å². The number of rotatable bonds is 4. The highest BCUT2D eigenvalue weighted by atomic mass is 79.9. The number of aromatic nitrogens is 4. The largest absolute Gasteiger partial charge is 0.434 e. The van der Waals surface area contributed by atoms with Crippen molar-refractivity contribution in [1.29, 1.82) is 0 Å². The van der Waals surface area contributed by atoms with E-state index in [1.54, 1.807) is 30.5 Å². The van der Waals surface area contributed by atoms with E-state index in [-0.39, 0.29) is 17.4 Å². The SMILES string of the molecule is O=[N+]([O-])c1c(Oc2ccc(Br)cc2)ncnc1-n1ccnc1. The van der Waals surface area contributed by atoms with Gasteiger partial charge in [-0.1, -0.05) is 15.9 Å². The summed E-state index contributed by atoms with van der Waals surface area (Å²) in [7, 11) is 0. The van der Waals surface area contributed by atoms with Crippen molar-refractivity contribution in [3.63, 3.8) is 0 Å². The van der Waals surface area contributed by atoms with Gasteiger partial charge in [0.1, 0.15) is 18.4 Å². The zero-order valence-corrected chi connectivity index (χ0v) is 12.5. The van der Waals surface area contributed by atoms with Gasteiger partial charge < -0.3 is 4.74 Å². The monoisotopic (exact) mass is 361 g/mol. The van der Waals surface area contributed by atoms with Gasteiger partial charge in [-0.25, -0.2) is 9.97 Å². The minimum atomic E-state index is -0.580. The van der Waals surface area contributed by atoms with Crippen molar-refractivity contribution < 1.29 is 9.66 Å². The summed E-state index contributed by atoms with van der Waals surface area (Å²) in [5.74, 6) is 0.386. The van der Waals surface area contributed by atoms with E-state index in [0.29, 0.717) is 5.75 Å². The molecule has 0 amide bonds. The molecule has 0 unspecified atom stereocenters. The third-order valence-corrected chi connectivity index (χ3v) is 3.26. The van der Waals surface area contributed by atoms with E-state index < -0.39 is 4.92 Å². The summed E-state index contributed by atoms with van der Waals surface area (Å²) in [6.07, 6.45) is 5.68. The Morgan fingerprint density at radius 1 is 1.23 bits per heavy atom. The molecule has 2 aromatic heterocycles. The Morgan fingerprint density at radius 3 is 2.64 bits per heavy atom. The lowest BCUT2D eigenvalue weighted by atomic mass is 10.3. The molecule has 22 heavy (non-hydrogen) atoms. The summed E-state index contributed by atoms with van der Waals surface area (Å²) in [4.78, 5) is 22.5. The van der Waals surface area contributed by atoms with E-state index in [2.05, 4.69) is 30.9 Å². The van der Waals surface area contributed by atoms with Crippen LogP contribution in [0.3, 0.4) is 0 Å². The number of nitro groups is 1. The highest BCUT2D eigenvalue weighted by molar-refractivity contribution is 9.10. The van der Waals surface area contributed by atoms with Crippen LogP contribution in [-0.4, -0.2) is 24.4 Å². The van der Waals surface area contributed by atoms with Crippen LogP contribution in [0.1, 0.15) is 0 Å². The smallest absolute Gasteiger partial charge is 0.374 e. The molecule has 0 radical (unpaired) electrons. The van der Waals surface area contributed by atoms with Crippen LogP contribution < -0.4 is 4.74 Å². The number of hydrogen-bond donors (Lipinski definition) is 0. The summed E-state index contributed by atoms with van der Waals surface area (Å²) < 4.78 is 7.81. The van der Waals surface area contributed by atoms with Crippen LogP contribution in [-0.2, 0) is 0 Å². The highest BCUT2D eigenvalue weighted by Crippen LogP contribution is 2.33. The molecule has 0 aliphatic rings. The predicted molar refractivity (Wildman–Crippen MR) is 80.0 cm³/mol. The van der Waals surface area contributed by atoms with Gasteiger partial charge in [0.05, 0.1) is 4.92 Å². The second-order valence-corrected chi connectivity index (χ2v) is 5.05. The second-order valence-electron chi connectivity index (χ2n) is 4.13. The van der Waals surface area contributed by atoms with E-state index >= 15 is 0 Å². The molecule has 3 aromatic rings. The van der Waals surface area contributed by atoms with E-state index in [9.17, 15) is 10.1 Å². The Labute approximate surface area is 132 Å². The summed E-state index contributed by atoms with van der Waals surface area (Å²) in [5.41, 5.74) is -0.330. The Morgan fingerprint density at radius 2 is 2.00 bits per heavy atom. The van der Waals surface area contributed by atoms with E-state index in [1.165, 1.54) is 23.4 Å². The average Bonchev–Trinajstić information content (AvgIpc) is 3.03. The quantitative estimate of drug-likeness (QED) is 0.523. The number of ether oxygens (including phenoxy) is 1. The molecule has 0 saturated carbocycles. The first kappa shape index (κ1) is 14.1. The zero-order chi connectivity index (χ0) is 15.5. The van der Waals surface area contributed by atoms with E-state index in [1.807, 2.05) is 0 Å². The standard InChI is InChI=1S/C13H8BrN5O3/c14-9-1-3-10(4-2-9)22-13-11(19(20)21)12(16-7-17-13)18-6-5-15-8-18/h1-8H. The molecule has 0 bridgehead atoms. The van der Waals surface area contributed by atoms with Crippen LogP contribution in [0, 0.1) is 10.1 Å². The fourth-order valence-corrected chi connectivity index (χ4v) is 2.04. The molecule has 0 fully saturated rings. The van der Waals surface area contributed by atoms with E-state index in [0.717, 1.165) is 4.47 Å². The van der Waals surface area contributed by atoms with Crippen molar-refractivity contribution in [1.82, 2.24) is 19.5 Å². The lowest BCUT2D eigenvalue weighted by Gasteiger charge is -2.08. The molecule has 0 saturated heterocycles. The fraction of sp³-hybridized carbons (Fsp3) is 0. The third kappa shape index (κ3) is 2.79. The van der Waals surface area contributed by atoms with Gasteiger partial charge in [-0.2, -0.15) is 4.98 Å². The van der Waals surface area contributed by atoms with Crippen LogP contribution in [0.2, 0.25) is 0 Å². The number of nitrogens with zero attached hydrogens (tertiary/aromatic N) is 5. The molecular formula is C13H8BrN5O3. The summed E-state index contributed by atoms with van der Waals surface area (Å²) in [6.45, 7) is 0. The van der Waals surface area contributed by atoms with Crippen molar-refractivity contribution in [2.45, 2.75) is 0 Å². The van der Waals surface area contributed by atoms with Crippen LogP contribution in [0.4, 0.5) is 5.69 Å². The molecule has 0 aliphatic carbocycles. The van der Waals surface area contributed by atoms with Crippen molar-refractivity contribution in [2.24, 2.45) is 0 Å². The maximum absolute atomic E-state index is 11.4. The lowest BCUT2D eigenvalue weighted by molar-refractivity contribution is -0.386. The van der Waals surface area contributed by atoms with Crippen molar-refractivity contribution in [2.75, 3.05) is 0 Å². The molecule has 110 valence electrons. The van der Waals surface area contributed by atoms with E-state index in [4.69, 9.17) is 4.74 Å². The van der Waals surface area contributed by atoms with Crippen LogP contribution >= 0.6 is 15.9 Å². The van der Waals surface area contributed by atoms with Crippen molar-refractivity contribution >= 4 is 21.6 Å². The normalized spacial score (nSPS) is 10.4. The average molecular weight is 362 g/mol. The lowest BCUT2D eigenvalue weighted by Crippen LogP contribution is -2.04. The maximum Gasteiger partial charge on any atom is 0.374 e. The Balaban J connectivity index is 2.06. The van der Waals surface area contributed by atoms with Gasteiger partial charge in [-0.3, -0.25) is 14.7 Å². The molecule has 0 atom stereocenters. The number of halogens is 1. The Hall–Kier alpha value is -2.81. The third-order valence-electron chi connectivity index (χ3n) is 2.73. The first-order chi connectivity index (χ1) is 10.6. The number of hydrogen-bond acceptors (Lipinski definition) is 6. The van der Waals surface area contributed by atoms with Crippen molar-refractivity contribution in [3.8, 4) is 17.4 Å². The van der Waals surface area contributed by atoms with Crippen LogP contribution in [0.15, 0.2) is 53.8 Å². The highest BCUT2D eigenvalue weighted by Gasteiger charge is 2.26. The van der Waals surface area contributed by atoms with Crippen molar-refractivity contribution in [3.05, 3.63) is 63.9 Å². The van der Waals surface area contributed by atoms with Gasteiger partial charge in [-0.15, -0.1) is 0 Å². The van der Waals surface area contributed by atoms with Crippen LogP contribution in [0.5, 0.6) is 11.6 Å². The van der Waals surface area contributed by atoms with Gasteiger partial charge in [-0.05, 0) is 24.3 Å². The van der Waals surface area contributed by atoms with Gasteiger partial charge in [0.2, 0.25) is 5.82 Å². The zero-order valence-electron chi connectivity index (χ0n) is 11.0. The minimum Gasteiger partial charge on any atom is -0.434 e. The summed E-state index contributed by atoms with van der Waals surface area (Å²) >= 11 is 3.31. The molecule has 9 heteroatoms. The molecule has 0 spiro atoms. The maximum atomic E-state index is 11.4. The fourth-order valence-electron chi connectivity index (χ4n) is 1.78. The van der Waals surface area contributed by atoms with Gasteiger partial charge >= 0.3 is 11.6 Å². The molecule has 1 aromatic carbocycles. The molecule has 3 rings (SSSR count). The summed E-state index contributed by atoms with van der Waals surface area (Å²) in [6, 6.07) is 6.87. The molecular weight excluding hydrogens is 354 g/mol. The van der Waals surface area contributed by atoms with Gasteiger partial charge in [0, 0.05) is 16.9 Å². The molecule has 0 N–H and O–H groups in total. The first-order valence-corrected chi connectivity index (χ1v) is 6.85. The Bertz CT molecular complexity index is 805. The predicted octanol–water partition coefficient (Wildman–Crippen LogP) is 3.13. The molecule has 0 aliphatic heterocycles. The molecule has 8 nitrogen and oxygen atoms in total. The number of imidazole rings is 1. The molecule has 2 heterocycles. The number of benzene rings is 1.